The molecule has 0 aromatic rings. The molecule has 88 valence electrons. The van der Waals surface area contributed by atoms with Gasteiger partial charge in [-0.05, 0) is 0 Å². The average Bonchev–Trinajstić information content (AvgIpc) is 2.25. The third-order valence-electron chi connectivity index (χ3n) is 2.23. The van der Waals surface area contributed by atoms with Crippen LogP contribution in [0.25, 0.3) is 0 Å². The zero-order chi connectivity index (χ0) is 11.4. The molecule has 1 heterocycles. The lowest BCUT2D eigenvalue weighted by Gasteiger charge is -2.39. The zero-order valence-electron chi connectivity index (χ0n) is 8.19. The van der Waals surface area contributed by atoms with Crippen molar-refractivity contribution in [1.29, 1.82) is 0 Å². The van der Waals surface area contributed by atoms with E-state index in [4.69, 9.17) is 14.6 Å². The molecule has 4 N–H and O–H groups in total. The second-order valence-corrected chi connectivity index (χ2v) is 3.32. The quantitative estimate of drug-likeness (QED) is 0.408. The van der Waals surface area contributed by atoms with E-state index >= 15 is 0 Å². The van der Waals surface area contributed by atoms with Crippen molar-refractivity contribution in [2.45, 2.75) is 30.7 Å². The lowest BCUT2D eigenvalue weighted by molar-refractivity contribution is -0.298. The second-order valence-electron chi connectivity index (χ2n) is 3.32. The van der Waals surface area contributed by atoms with Gasteiger partial charge in [-0.25, -0.2) is 0 Å². The largest absolute Gasteiger partial charge is 0.394 e. The summed E-state index contributed by atoms with van der Waals surface area (Å²) in [6, 6.07) is 0. The Kier molecular flexibility index (Phi) is 4.65. The first kappa shape index (κ1) is 12.6. The van der Waals surface area contributed by atoms with Crippen molar-refractivity contribution < 1.29 is 29.9 Å². The first-order chi connectivity index (χ1) is 7.11. The highest BCUT2D eigenvalue weighted by Crippen LogP contribution is 2.21. The molecule has 5 atom stereocenters. The van der Waals surface area contributed by atoms with Crippen LogP contribution in [0.3, 0.4) is 0 Å². The normalized spacial score (nSPS) is 41.5. The van der Waals surface area contributed by atoms with Crippen molar-refractivity contribution in [2.75, 3.05) is 13.2 Å². The van der Waals surface area contributed by atoms with Crippen LogP contribution >= 0.6 is 0 Å². The summed E-state index contributed by atoms with van der Waals surface area (Å²) in [6.45, 7) is 3.10. The molecule has 1 aliphatic rings. The van der Waals surface area contributed by atoms with Gasteiger partial charge in [-0.3, -0.25) is 0 Å². The van der Waals surface area contributed by atoms with Gasteiger partial charge < -0.3 is 29.9 Å². The van der Waals surface area contributed by atoms with Gasteiger partial charge in [-0.1, -0.05) is 6.08 Å². The Hall–Kier alpha value is -0.500. The van der Waals surface area contributed by atoms with Crippen molar-refractivity contribution in [3.8, 4) is 0 Å². The molecule has 15 heavy (non-hydrogen) atoms. The molecule has 0 aliphatic carbocycles. The number of aliphatic hydroxyl groups is 4. The standard InChI is InChI=1S/C9H16O6/c1-2-3-14-9-8(13)7(12)6(11)5(4-10)15-9/h2,5-13H,1,3-4H2/t5-,6+,7+,8+,9-/m1/s1. The van der Waals surface area contributed by atoms with Gasteiger partial charge >= 0.3 is 0 Å². The fourth-order valence-corrected chi connectivity index (χ4v) is 1.37. The molecular formula is C9H16O6. The molecule has 0 bridgehead atoms. The summed E-state index contributed by atoms with van der Waals surface area (Å²) in [6.07, 6.45) is -4.64. The summed E-state index contributed by atoms with van der Waals surface area (Å²) in [5.74, 6) is 0. The molecule has 0 radical (unpaired) electrons. The van der Waals surface area contributed by atoms with Gasteiger partial charge in [0.2, 0.25) is 0 Å². The van der Waals surface area contributed by atoms with Crippen molar-refractivity contribution in [1.82, 2.24) is 0 Å². The van der Waals surface area contributed by atoms with E-state index in [-0.39, 0.29) is 6.61 Å². The van der Waals surface area contributed by atoms with Gasteiger partial charge in [0.15, 0.2) is 6.29 Å². The van der Waals surface area contributed by atoms with Gasteiger partial charge in [0, 0.05) is 0 Å². The van der Waals surface area contributed by atoms with Crippen LogP contribution in [0.2, 0.25) is 0 Å². The smallest absolute Gasteiger partial charge is 0.187 e. The van der Waals surface area contributed by atoms with Crippen LogP contribution in [-0.4, -0.2) is 64.3 Å². The SMILES string of the molecule is C=CCO[C@@H]1O[C@H](CO)[C@H](O)[C@H](O)[C@@H]1O. The summed E-state index contributed by atoms with van der Waals surface area (Å²) in [5, 5.41) is 37.1. The van der Waals surface area contributed by atoms with E-state index in [1.165, 1.54) is 6.08 Å². The minimum atomic E-state index is -1.40. The van der Waals surface area contributed by atoms with Crippen LogP contribution in [0.5, 0.6) is 0 Å². The lowest BCUT2D eigenvalue weighted by Crippen LogP contribution is -2.59. The summed E-state index contributed by atoms with van der Waals surface area (Å²) in [5.41, 5.74) is 0. The Labute approximate surface area is 87.4 Å². The monoisotopic (exact) mass is 220 g/mol. The number of hydrogen-bond acceptors (Lipinski definition) is 6. The van der Waals surface area contributed by atoms with Gasteiger partial charge in [0.25, 0.3) is 0 Å². The van der Waals surface area contributed by atoms with E-state index in [9.17, 15) is 15.3 Å². The minimum absolute atomic E-state index is 0.142. The summed E-state index contributed by atoms with van der Waals surface area (Å²) in [4.78, 5) is 0. The van der Waals surface area contributed by atoms with Crippen LogP contribution in [0.1, 0.15) is 0 Å². The highest BCUT2D eigenvalue weighted by Gasteiger charge is 2.43. The molecule has 6 heteroatoms. The van der Waals surface area contributed by atoms with E-state index in [0.717, 1.165) is 0 Å². The van der Waals surface area contributed by atoms with Crippen LogP contribution in [0.15, 0.2) is 12.7 Å². The topological polar surface area (TPSA) is 99.4 Å². The van der Waals surface area contributed by atoms with Gasteiger partial charge in [0.1, 0.15) is 24.4 Å². The molecule has 1 fully saturated rings. The molecule has 0 aromatic carbocycles. The molecule has 6 nitrogen and oxygen atoms in total. The van der Waals surface area contributed by atoms with E-state index < -0.39 is 37.3 Å². The molecule has 1 aliphatic heterocycles. The molecule has 0 aromatic heterocycles. The maximum atomic E-state index is 9.47. The van der Waals surface area contributed by atoms with E-state index in [2.05, 4.69) is 6.58 Å². The van der Waals surface area contributed by atoms with Crippen LogP contribution in [-0.2, 0) is 9.47 Å². The Morgan fingerprint density at radius 3 is 2.40 bits per heavy atom. The lowest BCUT2D eigenvalue weighted by atomic mass is 9.99. The fourth-order valence-electron chi connectivity index (χ4n) is 1.37. The predicted molar refractivity (Wildman–Crippen MR) is 49.9 cm³/mol. The van der Waals surface area contributed by atoms with Crippen LogP contribution in [0, 0.1) is 0 Å². The van der Waals surface area contributed by atoms with Crippen LogP contribution in [0.4, 0.5) is 0 Å². The molecule has 1 saturated heterocycles. The fraction of sp³-hybridized carbons (Fsp3) is 0.778. The van der Waals surface area contributed by atoms with Crippen LogP contribution < -0.4 is 0 Å². The molecular weight excluding hydrogens is 204 g/mol. The van der Waals surface area contributed by atoms with Gasteiger partial charge in [-0.15, -0.1) is 6.58 Å². The third kappa shape index (κ3) is 2.75. The molecule has 0 unspecified atom stereocenters. The maximum Gasteiger partial charge on any atom is 0.187 e. The predicted octanol–water partition coefficient (Wildman–Crippen LogP) is -2.01. The minimum Gasteiger partial charge on any atom is -0.394 e. The molecule has 1 rings (SSSR count). The Balaban J connectivity index is 2.60. The van der Waals surface area contributed by atoms with Crippen molar-refractivity contribution >= 4 is 0 Å². The number of rotatable bonds is 4. The average molecular weight is 220 g/mol. The Morgan fingerprint density at radius 1 is 1.20 bits per heavy atom. The van der Waals surface area contributed by atoms with E-state index in [1.807, 2.05) is 0 Å². The number of aliphatic hydroxyl groups excluding tert-OH is 4. The second kappa shape index (κ2) is 5.55. The highest BCUT2D eigenvalue weighted by atomic mass is 16.7. The third-order valence-corrected chi connectivity index (χ3v) is 2.23. The van der Waals surface area contributed by atoms with Crippen molar-refractivity contribution in [3.63, 3.8) is 0 Å². The molecule has 0 spiro atoms. The maximum absolute atomic E-state index is 9.47. The van der Waals surface area contributed by atoms with E-state index in [1.54, 1.807) is 0 Å². The zero-order valence-corrected chi connectivity index (χ0v) is 8.19. The number of ether oxygens (including phenoxy) is 2. The molecule has 0 amide bonds. The summed E-state index contributed by atoms with van der Waals surface area (Å²) < 4.78 is 10.1. The Morgan fingerprint density at radius 2 is 1.87 bits per heavy atom. The first-order valence-electron chi connectivity index (χ1n) is 4.64. The van der Waals surface area contributed by atoms with Crippen molar-refractivity contribution in [3.05, 3.63) is 12.7 Å². The van der Waals surface area contributed by atoms with E-state index in [0.29, 0.717) is 0 Å². The highest BCUT2D eigenvalue weighted by molar-refractivity contribution is 4.89. The Bertz CT molecular complexity index is 207. The molecule has 0 saturated carbocycles. The first-order valence-corrected chi connectivity index (χ1v) is 4.64. The van der Waals surface area contributed by atoms with Gasteiger partial charge in [-0.2, -0.15) is 0 Å². The number of hydrogen-bond donors (Lipinski definition) is 4. The van der Waals surface area contributed by atoms with Gasteiger partial charge in [0.05, 0.1) is 13.2 Å². The summed E-state index contributed by atoms with van der Waals surface area (Å²) in [7, 11) is 0. The summed E-state index contributed by atoms with van der Waals surface area (Å²) >= 11 is 0. The van der Waals surface area contributed by atoms with Crippen molar-refractivity contribution in [2.24, 2.45) is 0 Å².